The minimum absolute atomic E-state index is 0.00835. The van der Waals surface area contributed by atoms with Crippen molar-refractivity contribution in [2.24, 2.45) is 5.92 Å². The molecule has 0 radical (unpaired) electrons. The Balaban J connectivity index is 1.55. The molecule has 2 bridgehead atoms. The Labute approximate surface area is 202 Å². The number of hydrogen-bond acceptors (Lipinski definition) is 5. The zero-order chi connectivity index (χ0) is 24.6. The maximum absolute atomic E-state index is 15.0. The maximum Gasteiger partial charge on any atom is 0.257 e. The number of anilines is 1. The molecule has 2 amide bonds. The van der Waals surface area contributed by atoms with Gasteiger partial charge < -0.3 is 10.4 Å². The molecular weight excluding hydrogens is 482 g/mol. The average Bonchev–Trinajstić information content (AvgIpc) is 3.08. The topological polar surface area (TPSA) is 105 Å². The van der Waals surface area contributed by atoms with E-state index in [4.69, 9.17) is 11.6 Å². The van der Waals surface area contributed by atoms with Crippen molar-refractivity contribution in [3.05, 3.63) is 62.9 Å². The molecule has 2 N–H and O–H groups in total. The minimum atomic E-state index is -1.02. The van der Waals surface area contributed by atoms with Gasteiger partial charge in [-0.3, -0.25) is 23.9 Å². The average molecular weight is 501 g/mol. The zero-order valence-corrected chi connectivity index (χ0v) is 19.0. The normalized spacial score (nSPS) is 24.9. The van der Waals surface area contributed by atoms with E-state index in [9.17, 15) is 28.3 Å². The van der Waals surface area contributed by atoms with E-state index < -0.39 is 29.1 Å². The highest BCUT2D eigenvalue weighted by Gasteiger charge is 2.57. The van der Waals surface area contributed by atoms with Gasteiger partial charge in [0.05, 0.1) is 29.5 Å². The third-order valence-electron chi connectivity index (χ3n) is 7.10. The van der Waals surface area contributed by atoms with Crippen LogP contribution in [0.25, 0.3) is 16.7 Å². The highest BCUT2D eigenvalue weighted by atomic mass is 35.5. The predicted molar refractivity (Wildman–Crippen MR) is 123 cm³/mol. The zero-order valence-electron chi connectivity index (χ0n) is 18.2. The van der Waals surface area contributed by atoms with Crippen molar-refractivity contribution in [2.45, 2.75) is 37.3 Å². The van der Waals surface area contributed by atoms with Crippen molar-refractivity contribution in [3.63, 3.8) is 0 Å². The minimum Gasteiger partial charge on any atom is -0.391 e. The SMILES string of the molecule is O=C(NC12CC(C1)C2)c1cn(-c2c(F)cc(F)cc2Cl)c2nc(N3CC(O)CC3=O)ccc2c1=O. The fourth-order valence-corrected chi connectivity index (χ4v) is 5.58. The number of nitrogens with zero attached hydrogens (tertiary/aromatic N) is 3. The van der Waals surface area contributed by atoms with E-state index in [0.717, 1.165) is 36.1 Å². The number of hydrogen-bond donors (Lipinski definition) is 2. The first-order valence-electron chi connectivity index (χ1n) is 11.2. The summed E-state index contributed by atoms with van der Waals surface area (Å²) in [7, 11) is 0. The summed E-state index contributed by atoms with van der Waals surface area (Å²) in [5.41, 5.74) is -1.52. The number of β-amino-alcohol motifs (C(OH)–C–C–N with tert-alkyl or cyclic N) is 1. The molecule has 11 heteroatoms. The third-order valence-corrected chi connectivity index (χ3v) is 7.39. The van der Waals surface area contributed by atoms with Crippen molar-refractivity contribution in [1.82, 2.24) is 14.9 Å². The van der Waals surface area contributed by atoms with Crippen LogP contribution in [0.1, 0.15) is 36.0 Å². The van der Waals surface area contributed by atoms with Crippen LogP contribution in [0.5, 0.6) is 0 Å². The van der Waals surface area contributed by atoms with Gasteiger partial charge in [0.1, 0.15) is 22.9 Å². The number of halogens is 3. The molecule has 3 saturated carbocycles. The van der Waals surface area contributed by atoms with E-state index in [1.165, 1.54) is 17.0 Å². The quantitative estimate of drug-likeness (QED) is 0.573. The van der Waals surface area contributed by atoms with E-state index in [0.29, 0.717) is 12.0 Å². The fourth-order valence-electron chi connectivity index (χ4n) is 5.29. The van der Waals surface area contributed by atoms with Crippen LogP contribution in [0.3, 0.4) is 0 Å². The van der Waals surface area contributed by atoms with Crippen molar-refractivity contribution < 1.29 is 23.5 Å². The number of rotatable bonds is 4. The molecule has 8 nitrogen and oxygen atoms in total. The monoisotopic (exact) mass is 500 g/mol. The first-order chi connectivity index (χ1) is 16.6. The number of pyridine rings is 2. The van der Waals surface area contributed by atoms with Crippen LogP contribution in [0.15, 0.2) is 35.3 Å². The van der Waals surface area contributed by atoms with Crippen LogP contribution in [0, 0.1) is 17.6 Å². The van der Waals surface area contributed by atoms with Gasteiger partial charge in [-0.15, -0.1) is 0 Å². The van der Waals surface area contributed by atoms with Gasteiger partial charge >= 0.3 is 0 Å². The summed E-state index contributed by atoms with van der Waals surface area (Å²) in [5.74, 6) is -2.13. The Hall–Kier alpha value is -3.37. The lowest BCUT2D eigenvalue weighted by Gasteiger charge is -2.61. The smallest absolute Gasteiger partial charge is 0.257 e. The Bertz CT molecular complexity index is 1470. The van der Waals surface area contributed by atoms with Crippen LogP contribution < -0.4 is 15.6 Å². The predicted octanol–water partition coefficient (Wildman–Crippen LogP) is 2.70. The second-order valence-corrected chi connectivity index (χ2v) is 9.98. The standard InChI is InChI=1S/C24H19ClF2N4O4/c25-16-3-12(26)4-17(27)20(16)31-10-15(23(35)29-24-6-11(7-24)8-24)21(34)14-1-2-18(28-22(14)31)30-9-13(32)5-19(30)33/h1-4,10-11,13,32H,5-9H2,(H,29,35). The van der Waals surface area contributed by atoms with E-state index >= 15 is 0 Å². The summed E-state index contributed by atoms with van der Waals surface area (Å²) in [6, 6.07) is 4.36. The summed E-state index contributed by atoms with van der Waals surface area (Å²) < 4.78 is 29.9. The van der Waals surface area contributed by atoms with Crippen molar-refractivity contribution >= 4 is 40.3 Å². The fraction of sp³-hybridized carbons (Fsp3) is 0.333. The van der Waals surface area contributed by atoms with E-state index in [1.54, 1.807) is 0 Å². The van der Waals surface area contributed by atoms with Gasteiger partial charge in [-0.2, -0.15) is 0 Å². The number of aliphatic hydroxyl groups excluding tert-OH is 1. The largest absolute Gasteiger partial charge is 0.391 e. The molecule has 3 aliphatic carbocycles. The van der Waals surface area contributed by atoms with Crippen LogP contribution in [0.2, 0.25) is 5.02 Å². The molecule has 0 spiro atoms. The molecule has 1 unspecified atom stereocenters. The summed E-state index contributed by atoms with van der Waals surface area (Å²) in [6.45, 7) is 0.0107. The number of carbonyl (C=O) groups excluding carboxylic acids is 2. The van der Waals surface area contributed by atoms with Crippen molar-refractivity contribution in [2.75, 3.05) is 11.4 Å². The van der Waals surface area contributed by atoms with Crippen molar-refractivity contribution in [1.29, 1.82) is 0 Å². The number of aliphatic hydroxyl groups is 1. The Kier molecular flexibility index (Phi) is 4.78. The molecule has 1 aromatic carbocycles. The Morgan fingerprint density at radius 2 is 1.94 bits per heavy atom. The molecule has 2 aromatic heterocycles. The van der Waals surface area contributed by atoms with Gasteiger partial charge in [0.15, 0.2) is 11.5 Å². The Morgan fingerprint density at radius 1 is 1.20 bits per heavy atom. The van der Waals surface area contributed by atoms with Gasteiger partial charge in [-0.1, -0.05) is 11.6 Å². The highest BCUT2D eigenvalue weighted by molar-refractivity contribution is 6.32. The molecule has 3 aromatic rings. The van der Waals surface area contributed by atoms with Gasteiger partial charge in [0, 0.05) is 17.8 Å². The first kappa shape index (κ1) is 22.1. The molecule has 1 saturated heterocycles. The summed E-state index contributed by atoms with van der Waals surface area (Å²) >= 11 is 6.19. The summed E-state index contributed by atoms with van der Waals surface area (Å²) in [4.78, 5) is 44.3. The maximum atomic E-state index is 15.0. The molecule has 1 aliphatic heterocycles. The van der Waals surface area contributed by atoms with Gasteiger partial charge in [-0.05, 0) is 43.4 Å². The number of aromatic nitrogens is 2. The number of amides is 2. The molecule has 7 rings (SSSR count). The van der Waals surface area contributed by atoms with Crippen LogP contribution in [-0.4, -0.2) is 44.7 Å². The second kappa shape index (κ2) is 7.56. The lowest BCUT2D eigenvalue weighted by Crippen LogP contribution is -2.68. The van der Waals surface area contributed by atoms with Crippen LogP contribution in [0.4, 0.5) is 14.6 Å². The van der Waals surface area contributed by atoms with E-state index in [-0.39, 0.29) is 57.5 Å². The molecular formula is C24H19ClF2N4O4. The van der Waals surface area contributed by atoms with Gasteiger partial charge in [-0.25, -0.2) is 13.8 Å². The molecule has 1 atom stereocenters. The Morgan fingerprint density at radius 3 is 2.54 bits per heavy atom. The summed E-state index contributed by atoms with van der Waals surface area (Å²) in [5, 5.41) is 12.5. The van der Waals surface area contributed by atoms with E-state index in [1.807, 2.05) is 0 Å². The molecule has 4 aliphatic rings. The molecule has 180 valence electrons. The van der Waals surface area contributed by atoms with Gasteiger partial charge in [0.25, 0.3) is 5.91 Å². The van der Waals surface area contributed by atoms with Gasteiger partial charge in [0.2, 0.25) is 11.3 Å². The lowest BCUT2D eigenvalue weighted by molar-refractivity contribution is -0.117. The lowest BCUT2D eigenvalue weighted by atomic mass is 9.50. The van der Waals surface area contributed by atoms with Crippen molar-refractivity contribution in [3.8, 4) is 5.69 Å². The number of nitrogens with one attached hydrogen (secondary N) is 1. The third kappa shape index (κ3) is 3.42. The van der Waals surface area contributed by atoms with Crippen LogP contribution >= 0.6 is 11.6 Å². The molecule has 4 fully saturated rings. The first-order valence-corrected chi connectivity index (χ1v) is 11.5. The molecule has 35 heavy (non-hydrogen) atoms. The summed E-state index contributed by atoms with van der Waals surface area (Å²) in [6.07, 6.45) is 2.78. The van der Waals surface area contributed by atoms with E-state index in [2.05, 4.69) is 10.3 Å². The molecule has 3 heterocycles. The highest BCUT2D eigenvalue weighted by Crippen LogP contribution is 2.57. The number of fused-ring (bicyclic) bond motifs is 1. The number of benzene rings is 1. The second-order valence-electron chi connectivity index (χ2n) is 9.58. The van der Waals surface area contributed by atoms with Crippen LogP contribution in [-0.2, 0) is 4.79 Å². The number of carbonyl (C=O) groups is 2.